The van der Waals surface area contributed by atoms with Crippen LogP contribution in [0, 0.1) is 16.0 Å². The van der Waals surface area contributed by atoms with Crippen LogP contribution in [-0.4, -0.2) is 40.0 Å². The number of nitro groups is 1. The molecule has 8 heteroatoms. The summed E-state index contributed by atoms with van der Waals surface area (Å²) in [6.07, 6.45) is 0. The van der Waals surface area contributed by atoms with Crippen molar-refractivity contribution in [2.75, 3.05) is 12.3 Å². The average molecular weight is 444 g/mol. The van der Waals surface area contributed by atoms with Gasteiger partial charge in [-0.1, -0.05) is 56.3 Å². The molecular formula is C23H29N3O4S. The van der Waals surface area contributed by atoms with Gasteiger partial charge in [-0.2, -0.15) is 0 Å². The zero-order valence-corrected chi connectivity index (χ0v) is 18.9. The fraction of sp³-hybridized carbons (Fsp3) is 0.391. The molecule has 0 spiro atoms. The molecule has 1 N–H and O–H groups in total. The van der Waals surface area contributed by atoms with Gasteiger partial charge in [-0.3, -0.25) is 19.7 Å². The van der Waals surface area contributed by atoms with Crippen LogP contribution in [0.4, 0.5) is 5.69 Å². The van der Waals surface area contributed by atoms with Crippen LogP contribution in [0.15, 0.2) is 54.6 Å². The number of carbonyl (C=O) groups is 2. The highest BCUT2D eigenvalue weighted by molar-refractivity contribution is 7.99. The summed E-state index contributed by atoms with van der Waals surface area (Å²) in [4.78, 5) is 37.5. The van der Waals surface area contributed by atoms with Crippen LogP contribution in [0.25, 0.3) is 0 Å². The van der Waals surface area contributed by atoms with Gasteiger partial charge in [-0.25, -0.2) is 0 Å². The summed E-state index contributed by atoms with van der Waals surface area (Å²) in [5, 5.41) is 13.7. The van der Waals surface area contributed by atoms with E-state index in [-0.39, 0.29) is 23.3 Å². The van der Waals surface area contributed by atoms with Gasteiger partial charge in [0.15, 0.2) is 0 Å². The number of hydrogen-bond donors (Lipinski definition) is 1. The Morgan fingerprint density at radius 1 is 1.03 bits per heavy atom. The van der Waals surface area contributed by atoms with Crippen LogP contribution < -0.4 is 5.32 Å². The van der Waals surface area contributed by atoms with Gasteiger partial charge in [0.25, 0.3) is 5.69 Å². The number of rotatable bonds is 11. The first kappa shape index (κ1) is 24.4. The Kier molecular flexibility index (Phi) is 9.52. The highest BCUT2D eigenvalue weighted by Gasteiger charge is 2.26. The fourth-order valence-electron chi connectivity index (χ4n) is 2.87. The van der Waals surface area contributed by atoms with Gasteiger partial charge in [-0.15, -0.1) is 11.8 Å². The third kappa shape index (κ3) is 8.05. The lowest BCUT2D eigenvalue weighted by molar-refractivity contribution is -0.384. The Morgan fingerprint density at radius 3 is 2.26 bits per heavy atom. The Balaban J connectivity index is 2.01. The van der Waals surface area contributed by atoms with Gasteiger partial charge in [0.1, 0.15) is 6.04 Å². The minimum Gasteiger partial charge on any atom is -0.354 e. The minimum absolute atomic E-state index is 0.0418. The molecule has 0 aliphatic rings. The van der Waals surface area contributed by atoms with Crippen molar-refractivity contribution in [1.29, 1.82) is 0 Å². The third-order valence-corrected chi connectivity index (χ3v) is 5.68. The molecule has 2 aromatic carbocycles. The number of nitro benzene ring substituents is 1. The molecule has 7 nitrogen and oxygen atoms in total. The largest absolute Gasteiger partial charge is 0.354 e. The standard InChI is InChI=1S/C23H29N3O4S/c1-17(2)13-24-23(28)18(3)25(14-19-7-5-4-6-8-19)22(27)16-31-15-20-9-11-21(12-10-20)26(29)30/h4-12,17-18H,13-16H2,1-3H3,(H,24,28)/t18-/m1/s1. The van der Waals surface area contributed by atoms with E-state index in [0.29, 0.717) is 24.8 Å². The molecule has 0 heterocycles. The Morgan fingerprint density at radius 2 is 1.68 bits per heavy atom. The number of hydrogen-bond acceptors (Lipinski definition) is 5. The number of thioether (sulfide) groups is 1. The van der Waals surface area contributed by atoms with E-state index in [1.807, 2.05) is 44.2 Å². The van der Waals surface area contributed by atoms with Crippen molar-refractivity contribution >= 4 is 29.3 Å². The van der Waals surface area contributed by atoms with Gasteiger partial charge in [0.05, 0.1) is 10.7 Å². The number of nitrogens with zero attached hydrogens (tertiary/aromatic N) is 2. The summed E-state index contributed by atoms with van der Waals surface area (Å²) in [6.45, 7) is 6.70. The van der Waals surface area contributed by atoms with E-state index in [1.54, 1.807) is 24.0 Å². The quantitative estimate of drug-likeness (QED) is 0.418. The molecule has 0 saturated heterocycles. The smallest absolute Gasteiger partial charge is 0.269 e. The molecule has 0 saturated carbocycles. The Hall–Kier alpha value is -2.87. The summed E-state index contributed by atoms with van der Waals surface area (Å²) in [7, 11) is 0. The molecule has 0 unspecified atom stereocenters. The van der Waals surface area contributed by atoms with Crippen molar-refractivity contribution in [3.63, 3.8) is 0 Å². The molecule has 2 amide bonds. The molecule has 0 bridgehead atoms. The van der Waals surface area contributed by atoms with Crippen molar-refractivity contribution in [3.8, 4) is 0 Å². The van der Waals surface area contributed by atoms with Crippen molar-refractivity contribution < 1.29 is 14.5 Å². The lowest BCUT2D eigenvalue weighted by Gasteiger charge is -2.29. The second-order valence-electron chi connectivity index (χ2n) is 7.74. The summed E-state index contributed by atoms with van der Waals surface area (Å²) < 4.78 is 0. The maximum absolute atomic E-state index is 13.0. The van der Waals surface area contributed by atoms with Crippen LogP contribution in [0.3, 0.4) is 0 Å². The van der Waals surface area contributed by atoms with E-state index in [0.717, 1.165) is 11.1 Å². The van der Waals surface area contributed by atoms with E-state index >= 15 is 0 Å². The average Bonchev–Trinajstić information content (AvgIpc) is 2.76. The lowest BCUT2D eigenvalue weighted by atomic mass is 10.1. The highest BCUT2D eigenvalue weighted by Crippen LogP contribution is 2.18. The fourth-order valence-corrected chi connectivity index (χ4v) is 3.74. The Bertz CT molecular complexity index is 872. The SMILES string of the molecule is CC(C)CNC(=O)[C@@H](C)N(Cc1ccccc1)C(=O)CSCc1ccc([N+](=O)[O-])cc1. The summed E-state index contributed by atoms with van der Waals surface area (Å²) in [5.74, 6) is 0.802. The number of nitrogens with one attached hydrogen (secondary N) is 1. The topological polar surface area (TPSA) is 92.6 Å². The van der Waals surface area contributed by atoms with E-state index in [1.165, 1.54) is 23.9 Å². The Labute approximate surface area is 187 Å². The van der Waals surface area contributed by atoms with Crippen molar-refractivity contribution in [1.82, 2.24) is 10.2 Å². The van der Waals surface area contributed by atoms with Crippen molar-refractivity contribution in [2.24, 2.45) is 5.92 Å². The molecule has 166 valence electrons. The minimum atomic E-state index is -0.591. The molecule has 0 aromatic heterocycles. The van der Waals surface area contributed by atoms with E-state index in [4.69, 9.17) is 0 Å². The number of benzene rings is 2. The molecular weight excluding hydrogens is 414 g/mol. The number of carbonyl (C=O) groups excluding carboxylic acids is 2. The molecule has 1 atom stereocenters. The van der Waals surface area contributed by atoms with Crippen LogP contribution in [0.1, 0.15) is 31.9 Å². The van der Waals surface area contributed by atoms with Crippen LogP contribution in [0.2, 0.25) is 0 Å². The van der Waals surface area contributed by atoms with Crippen LogP contribution in [-0.2, 0) is 21.9 Å². The first-order valence-corrected chi connectivity index (χ1v) is 11.4. The molecule has 31 heavy (non-hydrogen) atoms. The molecule has 0 radical (unpaired) electrons. The zero-order chi connectivity index (χ0) is 22.8. The lowest BCUT2D eigenvalue weighted by Crippen LogP contribution is -2.48. The monoisotopic (exact) mass is 443 g/mol. The first-order valence-electron chi connectivity index (χ1n) is 10.2. The molecule has 0 fully saturated rings. The van der Waals surface area contributed by atoms with E-state index < -0.39 is 11.0 Å². The van der Waals surface area contributed by atoms with Crippen LogP contribution >= 0.6 is 11.8 Å². The second-order valence-corrected chi connectivity index (χ2v) is 8.72. The predicted molar refractivity (Wildman–Crippen MR) is 124 cm³/mol. The van der Waals surface area contributed by atoms with E-state index in [2.05, 4.69) is 5.32 Å². The van der Waals surface area contributed by atoms with Gasteiger partial charge >= 0.3 is 0 Å². The normalized spacial score (nSPS) is 11.7. The second kappa shape index (κ2) is 12.1. The van der Waals surface area contributed by atoms with E-state index in [9.17, 15) is 19.7 Å². The summed E-state index contributed by atoms with van der Waals surface area (Å²) in [5.41, 5.74) is 1.90. The van der Waals surface area contributed by atoms with Gasteiger partial charge < -0.3 is 10.2 Å². The first-order chi connectivity index (χ1) is 14.8. The highest BCUT2D eigenvalue weighted by atomic mass is 32.2. The molecule has 0 aliphatic carbocycles. The molecule has 0 aliphatic heterocycles. The summed E-state index contributed by atoms with van der Waals surface area (Å²) in [6, 6.07) is 15.3. The predicted octanol–water partition coefficient (Wildman–Crippen LogP) is 4.02. The maximum Gasteiger partial charge on any atom is 0.269 e. The van der Waals surface area contributed by atoms with Crippen molar-refractivity contribution in [2.45, 2.75) is 39.1 Å². The number of non-ortho nitro benzene ring substituents is 1. The molecule has 2 rings (SSSR count). The number of amides is 2. The zero-order valence-electron chi connectivity index (χ0n) is 18.1. The van der Waals surface area contributed by atoms with Gasteiger partial charge in [-0.05, 0) is 24.0 Å². The van der Waals surface area contributed by atoms with Crippen molar-refractivity contribution in [3.05, 3.63) is 75.8 Å². The maximum atomic E-state index is 13.0. The van der Waals surface area contributed by atoms with Gasteiger partial charge in [0, 0.05) is 31.0 Å². The van der Waals surface area contributed by atoms with Gasteiger partial charge in [0.2, 0.25) is 11.8 Å². The summed E-state index contributed by atoms with van der Waals surface area (Å²) >= 11 is 1.42. The third-order valence-electron chi connectivity index (χ3n) is 4.69. The van der Waals surface area contributed by atoms with Crippen LogP contribution in [0.5, 0.6) is 0 Å². The molecule has 2 aromatic rings.